The lowest BCUT2D eigenvalue weighted by Crippen LogP contribution is -1.58. The molecule has 3 nitrogen and oxygen atoms in total. The lowest BCUT2D eigenvalue weighted by atomic mass is 10.5. The third-order valence-electron chi connectivity index (χ3n) is 1.06. The van der Waals surface area contributed by atoms with Crippen molar-refractivity contribution >= 4 is 6.79 Å². The summed E-state index contributed by atoms with van der Waals surface area (Å²) in [6.07, 6.45) is 7.25. The fourth-order valence-corrected chi connectivity index (χ4v) is 0.590. The van der Waals surface area contributed by atoms with Gasteiger partial charge in [-0.1, -0.05) is 6.07 Å². The van der Waals surface area contributed by atoms with E-state index < -0.39 is 0 Å². The summed E-state index contributed by atoms with van der Waals surface area (Å²) in [4.78, 5) is 14.6. The van der Waals surface area contributed by atoms with E-state index in [1.807, 2.05) is 49.5 Å². The molecule has 0 aliphatic rings. The second kappa shape index (κ2) is 10.1. The van der Waals surface area contributed by atoms with Crippen molar-refractivity contribution in [3.05, 3.63) is 55.1 Å². The smallest absolute Gasteiger partial charge is 0.106 e. The minimum Gasteiger partial charge on any atom is -0.368 e. The van der Waals surface area contributed by atoms with Crippen LogP contribution in [0.4, 0.5) is 0 Å². The number of hydrogen-bond acceptors (Lipinski definition) is 2. The van der Waals surface area contributed by atoms with Gasteiger partial charge in [-0.3, -0.25) is 4.98 Å². The first kappa shape index (κ1) is 11.1. The Morgan fingerprint density at radius 2 is 1.38 bits per heavy atom. The molecule has 0 aliphatic heterocycles. The number of aromatic amines is 1. The maximum atomic E-state index is 8.00. The summed E-state index contributed by atoms with van der Waals surface area (Å²) >= 11 is 0. The van der Waals surface area contributed by atoms with Crippen LogP contribution in [0.2, 0.25) is 0 Å². The van der Waals surface area contributed by atoms with Crippen molar-refractivity contribution in [3.8, 4) is 0 Å². The Hall–Kier alpha value is -1.90. The maximum Gasteiger partial charge on any atom is 0.106 e. The molecule has 0 atom stereocenters. The summed E-state index contributed by atoms with van der Waals surface area (Å²) in [5.41, 5.74) is 0. The molecule has 0 unspecified atom stereocenters. The van der Waals surface area contributed by atoms with Gasteiger partial charge in [0.1, 0.15) is 6.79 Å². The van der Waals surface area contributed by atoms with Gasteiger partial charge in [0, 0.05) is 24.8 Å². The van der Waals surface area contributed by atoms with E-state index in [2.05, 4.69) is 9.97 Å². The zero-order valence-corrected chi connectivity index (χ0v) is 7.26. The van der Waals surface area contributed by atoms with Crippen LogP contribution in [0.25, 0.3) is 0 Å². The highest BCUT2D eigenvalue weighted by atomic mass is 16.1. The highest BCUT2D eigenvalue weighted by molar-refractivity contribution is 5.11. The topological polar surface area (TPSA) is 45.8 Å². The molecule has 2 heterocycles. The largest absolute Gasteiger partial charge is 0.368 e. The van der Waals surface area contributed by atoms with Crippen LogP contribution in [-0.4, -0.2) is 16.8 Å². The molecule has 0 saturated heterocycles. The quantitative estimate of drug-likeness (QED) is 0.666. The first-order valence-electron chi connectivity index (χ1n) is 3.72. The van der Waals surface area contributed by atoms with Gasteiger partial charge in [0.05, 0.1) is 0 Å². The van der Waals surface area contributed by atoms with Gasteiger partial charge in [-0.15, -0.1) is 0 Å². The monoisotopic (exact) mass is 176 g/mol. The molecule has 0 aliphatic carbocycles. The summed E-state index contributed by atoms with van der Waals surface area (Å²) < 4.78 is 0. The summed E-state index contributed by atoms with van der Waals surface area (Å²) in [6.45, 7) is 2.00. The van der Waals surface area contributed by atoms with Gasteiger partial charge in [-0.2, -0.15) is 0 Å². The van der Waals surface area contributed by atoms with E-state index in [0.29, 0.717) is 0 Å². The van der Waals surface area contributed by atoms with Gasteiger partial charge >= 0.3 is 0 Å². The first-order valence-corrected chi connectivity index (χ1v) is 3.72. The molecule has 2 aromatic rings. The highest BCUT2D eigenvalue weighted by Crippen LogP contribution is 1.73. The van der Waals surface area contributed by atoms with Gasteiger partial charge < -0.3 is 9.78 Å². The minimum atomic E-state index is 1.75. The molecular weight excluding hydrogens is 164 g/mol. The average molecular weight is 176 g/mol. The fourth-order valence-electron chi connectivity index (χ4n) is 0.590. The van der Waals surface area contributed by atoms with E-state index in [1.54, 1.807) is 12.4 Å². The molecule has 68 valence electrons. The van der Waals surface area contributed by atoms with Gasteiger partial charge in [-0.05, 0) is 24.3 Å². The van der Waals surface area contributed by atoms with E-state index in [0.717, 1.165) is 0 Å². The van der Waals surface area contributed by atoms with Crippen LogP contribution in [0.3, 0.4) is 0 Å². The predicted molar refractivity (Wildman–Crippen MR) is 52.2 cm³/mol. The molecular formula is C10H12N2O. The lowest BCUT2D eigenvalue weighted by Gasteiger charge is -1.70. The second-order valence-electron chi connectivity index (χ2n) is 1.91. The molecule has 0 aromatic carbocycles. The molecule has 0 spiro atoms. The van der Waals surface area contributed by atoms with Gasteiger partial charge in [-0.25, -0.2) is 0 Å². The van der Waals surface area contributed by atoms with Gasteiger partial charge in [0.15, 0.2) is 0 Å². The number of carbonyl (C=O) groups is 1. The predicted octanol–water partition coefficient (Wildman–Crippen LogP) is 1.91. The van der Waals surface area contributed by atoms with Crippen molar-refractivity contribution in [2.75, 3.05) is 0 Å². The first-order chi connectivity index (χ1) is 6.50. The van der Waals surface area contributed by atoms with Crippen LogP contribution >= 0.6 is 0 Å². The van der Waals surface area contributed by atoms with Crippen molar-refractivity contribution in [3.63, 3.8) is 0 Å². The van der Waals surface area contributed by atoms with E-state index >= 15 is 0 Å². The number of aromatic nitrogens is 2. The Bertz CT molecular complexity index is 211. The van der Waals surface area contributed by atoms with E-state index in [-0.39, 0.29) is 0 Å². The molecule has 0 amide bonds. The maximum absolute atomic E-state index is 8.00. The van der Waals surface area contributed by atoms with Gasteiger partial charge in [0.2, 0.25) is 0 Å². The molecule has 2 aromatic heterocycles. The van der Waals surface area contributed by atoms with E-state index in [1.165, 1.54) is 0 Å². The van der Waals surface area contributed by atoms with Crippen molar-refractivity contribution < 1.29 is 4.79 Å². The third kappa shape index (κ3) is 8.00. The van der Waals surface area contributed by atoms with Gasteiger partial charge in [0.25, 0.3) is 0 Å². The van der Waals surface area contributed by atoms with Crippen molar-refractivity contribution in [2.45, 2.75) is 0 Å². The number of nitrogens with zero attached hydrogens (tertiary/aromatic N) is 1. The Morgan fingerprint density at radius 1 is 0.846 bits per heavy atom. The number of nitrogens with one attached hydrogen (secondary N) is 1. The summed E-state index contributed by atoms with van der Waals surface area (Å²) in [5, 5.41) is 0. The van der Waals surface area contributed by atoms with E-state index in [4.69, 9.17) is 4.79 Å². The number of carbonyl (C=O) groups excluding carboxylic acids is 1. The number of H-pyrrole nitrogens is 1. The van der Waals surface area contributed by atoms with Crippen molar-refractivity contribution in [2.24, 2.45) is 0 Å². The number of rotatable bonds is 0. The van der Waals surface area contributed by atoms with Crippen LogP contribution in [0.5, 0.6) is 0 Å². The van der Waals surface area contributed by atoms with Crippen LogP contribution < -0.4 is 0 Å². The Labute approximate surface area is 77.5 Å². The summed E-state index contributed by atoms with van der Waals surface area (Å²) in [6, 6.07) is 9.60. The number of hydrogen-bond donors (Lipinski definition) is 1. The summed E-state index contributed by atoms with van der Waals surface area (Å²) in [7, 11) is 0. The van der Waals surface area contributed by atoms with Crippen LogP contribution in [-0.2, 0) is 4.79 Å². The molecule has 1 N–H and O–H groups in total. The molecule has 0 radical (unpaired) electrons. The average Bonchev–Trinajstić information content (AvgIpc) is 2.82. The number of pyridine rings is 1. The molecule has 0 bridgehead atoms. The zero-order valence-electron chi connectivity index (χ0n) is 7.26. The molecule has 0 saturated carbocycles. The SMILES string of the molecule is C=O.c1cc[nH]c1.c1ccncc1. The summed E-state index contributed by atoms with van der Waals surface area (Å²) in [5.74, 6) is 0. The Balaban J connectivity index is 0.000000189. The molecule has 2 rings (SSSR count). The standard InChI is InChI=1S/C5H5N.C4H5N.CH2O/c1-2-4-6-5-3-1;1-2-4-5-3-1;1-2/h1-5H;1-5H;1H2. The van der Waals surface area contributed by atoms with E-state index in [9.17, 15) is 0 Å². The highest BCUT2D eigenvalue weighted by Gasteiger charge is 1.58. The van der Waals surface area contributed by atoms with Crippen LogP contribution in [0.15, 0.2) is 55.1 Å². The molecule has 3 heteroatoms. The van der Waals surface area contributed by atoms with Crippen LogP contribution in [0.1, 0.15) is 0 Å². The lowest BCUT2D eigenvalue weighted by molar-refractivity contribution is -0.0979. The second-order valence-corrected chi connectivity index (χ2v) is 1.91. The molecule has 13 heavy (non-hydrogen) atoms. The Morgan fingerprint density at radius 3 is 1.54 bits per heavy atom. The van der Waals surface area contributed by atoms with Crippen LogP contribution in [0, 0.1) is 0 Å². The Kier molecular flexibility index (Phi) is 8.62. The normalized spacial score (nSPS) is 7.08. The van der Waals surface area contributed by atoms with Crippen molar-refractivity contribution in [1.82, 2.24) is 9.97 Å². The molecule has 0 fully saturated rings. The van der Waals surface area contributed by atoms with Crippen molar-refractivity contribution in [1.29, 1.82) is 0 Å². The third-order valence-corrected chi connectivity index (χ3v) is 1.06. The fraction of sp³-hybridized carbons (Fsp3) is 0. The minimum absolute atomic E-state index is 1.75. The zero-order chi connectivity index (χ0) is 9.78.